The average Bonchev–Trinajstić information content (AvgIpc) is 2.44. The third-order valence-corrected chi connectivity index (χ3v) is 2.45. The molecular formula is C14H18F2O4. The first kappa shape index (κ1) is 16.5. The van der Waals surface area contributed by atoms with E-state index < -0.39 is 13.0 Å². The molecule has 0 aliphatic heterocycles. The van der Waals surface area contributed by atoms with Gasteiger partial charge in [-0.25, -0.2) is 8.78 Å². The summed E-state index contributed by atoms with van der Waals surface area (Å²) in [5.41, 5.74) is 0.421. The number of ketones is 1. The van der Waals surface area contributed by atoms with Crippen molar-refractivity contribution in [2.24, 2.45) is 0 Å². The highest BCUT2D eigenvalue weighted by atomic mass is 19.3. The Morgan fingerprint density at radius 1 is 1.20 bits per heavy atom. The lowest BCUT2D eigenvalue weighted by Gasteiger charge is -2.10. The standard InChI is InChI=1S/C14H18F2O4/c1-18-8-9-20-13-5-3-2-4-11(13)12(17)6-7-19-10-14(15)16/h2-5,14H,6-10H2,1H3. The molecule has 112 valence electrons. The summed E-state index contributed by atoms with van der Waals surface area (Å²) in [6, 6.07) is 6.79. The van der Waals surface area contributed by atoms with Gasteiger partial charge in [0, 0.05) is 13.5 Å². The van der Waals surface area contributed by atoms with Crippen molar-refractivity contribution < 1.29 is 27.8 Å². The Morgan fingerprint density at radius 3 is 2.65 bits per heavy atom. The van der Waals surface area contributed by atoms with Crippen LogP contribution in [0.3, 0.4) is 0 Å². The Kier molecular flexibility index (Phi) is 7.75. The van der Waals surface area contributed by atoms with Gasteiger partial charge in [0.15, 0.2) is 5.78 Å². The molecule has 0 bridgehead atoms. The highest BCUT2D eigenvalue weighted by Crippen LogP contribution is 2.19. The third-order valence-electron chi connectivity index (χ3n) is 2.45. The second kappa shape index (κ2) is 9.39. The Balaban J connectivity index is 2.49. The fourth-order valence-corrected chi connectivity index (χ4v) is 1.53. The van der Waals surface area contributed by atoms with Crippen molar-refractivity contribution >= 4 is 5.78 Å². The van der Waals surface area contributed by atoms with Gasteiger partial charge in [-0.15, -0.1) is 0 Å². The van der Waals surface area contributed by atoms with Gasteiger partial charge in [0.2, 0.25) is 0 Å². The molecule has 1 aromatic carbocycles. The maximum atomic E-state index is 12.0. The molecular weight excluding hydrogens is 270 g/mol. The molecule has 1 aromatic rings. The number of hydrogen-bond acceptors (Lipinski definition) is 4. The Bertz CT molecular complexity index is 410. The first-order valence-electron chi connectivity index (χ1n) is 6.25. The Morgan fingerprint density at radius 2 is 1.95 bits per heavy atom. The smallest absolute Gasteiger partial charge is 0.261 e. The van der Waals surface area contributed by atoms with Gasteiger partial charge in [-0.1, -0.05) is 12.1 Å². The molecule has 0 aliphatic rings. The number of alkyl halides is 2. The lowest BCUT2D eigenvalue weighted by molar-refractivity contribution is 0.0169. The van der Waals surface area contributed by atoms with Crippen LogP contribution in [-0.4, -0.2) is 45.7 Å². The lowest BCUT2D eigenvalue weighted by Crippen LogP contribution is -2.11. The van der Waals surface area contributed by atoms with Crippen molar-refractivity contribution in [2.45, 2.75) is 12.8 Å². The molecule has 0 spiro atoms. The summed E-state index contributed by atoms with van der Waals surface area (Å²) in [5.74, 6) is 0.260. The zero-order chi connectivity index (χ0) is 14.8. The quantitative estimate of drug-likeness (QED) is 0.490. The van der Waals surface area contributed by atoms with Crippen molar-refractivity contribution in [3.8, 4) is 5.75 Å². The number of carbonyl (C=O) groups excluding carboxylic acids is 1. The fraction of sp³-hybridized carbons (Fsp3) is 0.500. The molecule has 0 aliphatic carbocycles. The van der Waals surface area contributed by atoms with E-state index in [4.69, 9.17) is 14.2 Å². The van der Waals surface area contributed by atoms with Gasteiger partial charge in [0.1, 0.15) is 19.0 Å². The van der Waals surface area contributed by atoms with Crippen LogP contribution in [0.5, 0.6) is 5.75 Å². The van der Waals surface area contributed by atoms with Crippen LogP contribution in [0.2, 0.25) is 0 Å². The summed E-state index contributed by atoms with van der Waals surface area (Å²) in [6.07, 6.45) is -2.48. The summed E-state index contributed by atoms with van der Waals surface area (Å²) in [4.78, 5) is 12.0. The van der Waals surface area contributed by atoms with Crippen LogP contribution >= 0.6 is 0 Å². The van der Waals surface area contributed by atoms with Crippen LogP contribution in [0.15, 0.2) is 24.3 Å². The predicted molar refractivity (Wildman–Crippen MR) is 69.6 cm³/mol. The van der Waals surface area contributed by atoms with E-state index in [1.807, 2.05) is 0 Å². The zero-order valence-corrected chi connectivity index (χ0v) is 11.3. The Hall–Kier alpha value is -1.53. The van der Waals surface area contributed by atoms with Crippen molar-refractivity contribution in [3.63, 3.8) is 0 Å². The number of benzene rings is 1. The molecule has 0 radical (unpaired) electrons. The predicted octanol–water partition coefficient (Wildman–Crippen LogP) is 2.57. The number of Topliss-reactive ketones (excluding diaryl/α,β-unsaturated/α-hetero) is 1. The molecule has 0 atom stereocenters. The number of ether oxygens (including phenoxy) is 3. The highest BCUT2D eigenvalue weighted by molar-refractivity contribution is 5.98. The lowest BCUT2D eigenvalue weighted by atomic mass is 10.1. The minimum Gasteiger partial charge on any atom is -0.490 e. The van der Waals surface area contributed by atoms with E-state index in [2.05, 4.69) is 0 Å². The van der Waals surface area contributed by atoms with E-state index in [0.717, 1.165) is 0 Å². The topological polar surface area (TPSA) is 44.8 Å². The van der Waals surface area contributed by atoms with Crippen LogP contribution in [0.25, 0.3) is 0 Å². The maximum Gasteiger partial charge on any atom is 0.261 e. The normalized spacial score (nSPS) is 10.8. The van der Waals surface area contributed by atoms with E-state index in [0.29, 0.717) is 24.5 Å². The zero-order valence-electron chi connectivity index (χ0n) is 11.3. The number of para-hydroxylation sites is 1. The van der Waals surface area contributed by atoms with Gasteiger partial charge in [0.25, 0.3) is 6.43 Å². The van der Waals surface area contributed by atoms with Crippen molar-refractivity contribution in [1.29, 1.82) is 0 Å². The molecule has 4 nitrogen and oxygen atoms in total. The second-order valence-corrected chi connectivity index (χ2v) is 3.98. The molecule has 0 N–H and O–H groups in total. The number of carbonyl (C=O) groups is 1. The summed E-state index contributed by atoms with van der Waals surface area (Å²) < 4.78 is 38.8. The average molecular weight is 288 g/mol. The number of halogens is 2. The van der Waals surface area contributed by atoms with Crippen LogP contribution in [0, 0.1) is 0 Å². The van der Waals surface area contributed by atoms with E-state index in [-0.39, 0.29) is 18.8 Å². The van der Waals surface area contributed by atoms with Gasteiger partial charge in [0.05, 0.1) is 18.8 Å². The summed E-state index contributed by atoms with van der Waals surface area (Å²) in [5, 5.41) is 0. The van der Waals surface area contributed by atoms with Crippen molar-refractivity contribution in [2.75, 3.05) is 33.5 Å². The fourth-order valence-electron chi connectivity index (χ4n) is 1.53. The van der Waals surface area contributed by atoms with Gasteiger partial charge in [-0.05, 0) is 12.1 Å². The molecule has 1 rings (SSSR count). The minimum absolute atomic E-state index is 0.0322. The molecule has 0 fully saturated rings. The van der Waals surface area contributed by atoms with Gasteiger partial charge < -0.3 is 14.2 Å². The first-order valence-corrected chi connectivity index (χ1v) is 6.25. The van der Waals surface area contributed by atoms with Crippen LogP contribution in [-0.2, 0) is 9.47 Å². The maximum absolute atomic E-state index is 12.0. The van der Waals surface area contributed by atoms with Crippen molar-refractivity contribution in [3.05, 3.63) is 29.8 Å². The minimum atomic E-state index is -2.52. The van der Waals surface area contributed by atoms with E-state index >= 15 is 0 Å². The Labute approximate surface area is 116 Å². The van der Waals surface area contributed by atoms with E-state index in [1.165, 1.54) is 0 Å². The monoisotopic (exact) mass is 288 g/mol. The summed E-state index contributed by atoms with van der Waals surface area (Å²) in [7, 11) is 1.56. The molecule has 0 amide bonds. The van der Waals surface area contributed by atoms with Crippen molar-refractivity contribution in [1.82, 2.24) is 0 Å². The third kappa shape index (κ3) is 6.08. The SMILES string of the molecule is COCCOc1ccccc1C(=O)CCOCC(F)F. The molecule has 0 saturated heterocycles. The summed E-state index contributed by atoms with van der Waals surface area (Å²) >= 11 is 0. The van der Waals surface area contributed by atoms with Gasteiger partial charge in [-0.2, -0.15) is 0 Å². The molecule has 0 aromatic heterocycles. The molecule has 0 unspecified atom stereocenters. The van der Waals surface area contributed by atoms with Gasteiger partial charge in [-0.3, -0.25) is 4.79 Å². The largest absolute Gasteiger partial charge is 0.490 e. The summed E-state index contributed by atoms with van der Waals surface area (Å²) in [6.45, 7) is 0.0670. The molecule has 0 heterocycles. The van der Waals surface area contributed by atoms with Crippen LogP contribution < -0.4 is 4.74 Å². The van der Waals surface area contributed by atoms with Crippen LogP contribution in [0.4, 0.5) is 8.78 Å². The number of rotatable bonds is 10. The molecule has 0 saturated carbocycles. The molecule has 6 heteroatoms. The number of hydrogen-bond donors (Lipinski definition) is 0. The van der Waals surface area contributed by atoms with Gasteiger partial charge >= 0.3 is 0 Å². The second-order valence-electron chi connectivity index (χ2n) is 3.98. The molecule has 20 heavy (non-hydrogen) atoms. The highest BCUT2D eigenvalue weighted by Gasteiger charge is 2.12. The number of methoxy groups -OCH3 is 1. The van der Waals surface area contributed by atoms with E-state index in [9.17, 15) is 13.6 Å². The van der Waals surface area contributed by atoms with Crippen LogP contribution in [0.1, 0.15) is 16.8 Å². The van der Waals surface area contributed by atoms with E-state index in [1.54, 1.807) is 31.4 Å². The first-order chi connectivity index (χ1) is 9.65.